The maximum absolute atomic E-state index is 10.9. The van der Waals surface area contributed by atoms with Crippen LogP contribution in [-0.2, 0) is 37.9 Å². The number of ether oxygens (including phenoxy) is 8. The van der Waals surface area contributed by atoms with Gasteiger partial charge in [-0.2, -0.15) is 0 Å². The van der Waals surface area contributed by atoms with Crippen LogP contribution >= 0.6 is 0 Å². The van der Waals surface area contributed by atoms with Crippen LogP contribution in [0.1, 0.15) is 73.3 Å². The Balaban J connectivity index is -0.000000380. The Hall–Kier alpha value is -0.600. The Morgan fingerprint density at radius 3 is 1.74 bits per heavy atom. The van der Waals surface area contributed by atoms with E-state index in [2.05, 4.69) is 0 Å². The molecular formula is C31H76O15. The van der Waals surface area contributed by atoms with Gasteiger partial charge in [-0.15, -0.1) is 0 Å². The lowest BCUT2D eigenvalue weighted by atomic mass is 9.98. The van der Waals surface area contributed by atoms with Gasteiger partial charge in [-0.1, -0.05) is 59.4 Å². The number of hydrogen-bond acceptors (Lipinski definition) is 15. The van der Waals surface area contributed by atoms with Crippen molar-refractivity contribution in [1.82, 2.24) is 0 Å². The Morgan fingerprint density at radius 2 is 1.24 bits per heavy atom. The van der Waals surface area contributed by atoms with E-state index in [0.717, 1.165) is 0 Å². The van der Waals surface area contributed by atoms with Crippen LogP contribution < -0.4 is 0 Å². The summed E-state index contributed by atoms with van der Waals surface area (Å²) in [7, 11) is 1.54. The summed E-state index contributed by atoms with van der Waals surface area (Å²) in [5.41, 5.74) is 0. The van der Waals surface area contributed by atoms with Crippen LogP contribution in [0.15, 0.2) is 0 Å². The van der Waals surface area contributed by atoms with Gasteiger partial charge >= 0.3 is 0 Å². The van der Waals surface area contributed by atoms with Crippen LogP contribution in [0, 0.1) is 0 Å². The Kier molecular flexibility index (Phi) is 40.2. The largest absolute Gasteiger partial charge is 0.394 e. The second-order valence-corrected chi connectivity index (χ2v) is 9.30. The van der Waals surface area contributed by atoms with Crippen LogP contribution in [0.25, 0.3) is 0 Å². The molecule has 0 aromatic heterocycles. The minimum atomic E-state index is -2.09. The SMILES string of the molecule is C.C.C.C.C.C.C.C.COCCOC(C)COCC1(OC2OC(CO)C(O)C(O)C2OCC(C)OCCO)OC(CO)C(O)C1O. The van der Waals surface area contributed by atoms with E-state index in [1.165, 1.54) is 7.11 Å². The maximum Gasteiger partial charge on any atom is 0.224 e. The van der Waals surface area contributed by atoms with Gasteiger partial charge in [-0.3, -0.25) is 0 Å². The topological polar surface area (TPSA) is 215 Å². The van der Waals surface area contributed by atoms with Crippen LogP contribution in [0.5, 0.6) is 0 Å². The van der Waals surface area contributed by atoms with Crippen LogP contribution in [0.4, 0.5) is 0 Å². The lowest BCUT2D eigenvalue weighted by Gasteiger charge is -2.45. The smallest absolute Gasteiger partial charge is 0.224 e. The van der Waals surface area contributed by atoms with Crippen LogP contribution in [0.3, 0.4) is 0 Å². The van der Waals surface area contributed by atoms with Crippen LogP contribution in [-0.4, -0.2) is 169 Å². The number of rotatable bonds is 18. The van der Waals surface area contributed by atoms with Crippen molar-refractivity contribution in [2.75, 3.05) is 66.6 Å². The summed E-state index contributed by atoms with van der Waals surface area (Å²) in [5.74, 6) is -2.09. The molecule has 0 aliphatic carbocycles. The summed E-state index contributed by atoms with van der Waals surface area (Å²) in [6.45, 7) is 2.12. The molecule has 0 aromatic rings. The quantitative estimate of drug-likeness (QED) is 0.101. The molecule has 0 bridgehead atoms. The minimum absolute atomic E-state index is 0. The summed E-state index contributed by atoms with van der Waals surface area (Å²) >= 11 is 0. The summed E-state index contributed by atoms with van der Waals surface area (Å²) < 4.78 is 44.6. The summed E-state index contributed by atoms with van der Waals surface area (Å²) in [5, 5.41) is 70.7. The molecule has 0 amide bonds. The molecule has 2 aliphatic rings. The van der Waals surface area contributed by atoms with Gasteiger partial charge in [0.15, 0.2) is 6.29 Å². The molecule has 0 saturated carbocycles. The number of hydrogen-bond donors (Lipinski definition) is 7. The lowest BCUT2D eigenvalue weighted by molar-refractivity contribution is -0.390. The van der Waals surface area contributed by atoms with Gasteiger partial charge in [0.1, 0.15) is 49.3 Å². The van der Waals surface area contributed by atoms with Crippen molar-refractivity contribution < 1.29 is 73.6 Å². The molecule has 0 spiro atoms. The third kappa shape index (κ3) is 16.7. The summed E-state index contributed by atoms with van der Waals surface area (Å²) in [6, 6.07) is 0. The zero-order valence-electron chi connectivity index (χ0n) is 22.0. The second kappa shape index (κ2) is 30.5. The summed E-state index contributed by atoms with van der Waals surface area (Å²) in [6.07, 6.45) is -12.7. The van der Waals surface area contributed by atoms with E-state index in [9.17, 15) is 30.6 Å². The third-order valence-corrected chi connectivity index (χ3v) is 6.19. The van der Waals surface area contributed by atoms with Crippen molar-refractivity contribution in [3.8, 4) is 0 Å². The maximum atomic E-state index is 10.9. The fraction of sp³-hybridized carbons (Fsp3) is 1.00. The molecule has 2 fully saturated rings. The van der Waals surface area contributed by atoms with Gasteiger partial charge < -0.3 is 73.6 Å². The molecule has 2 saturated heterocycles. The Morgan fingerprint density at radius 1 is 0.696 bits per heavy atom. The van der Waals surface area contributed by atoms with Crippen molar-refractivity contribution in [2.45, 2.75) is 140 Å². The molecule has 0 radical (unpaired) electrons. The lowest BCUT2D eigenvalue weighted by Crippen LogP contribution is -2.63. The fourth-order valence-corrected chi connectivity index (χ4v) is 4.08. The van der Waals surface area contributed by atoms with Crippen molar-refractivity contribution in [3.63, 3.8) is 0 Å². The highest BCUT2D eigenvalue weighted by molar-refractivity contribution is 4.99. The molecule has 7 N–H and O–H groups in total. The van der Waals surface area contributed by atoms with Gasteiger partial charge in [0, 0.05) is 7.11 Å². The van der Waals surface area contributed by atoms with E-state index in [1.807, 2.05) is 0 Å². The highest BCUT2D eigenvalue weighted by Crippen LogP contribution is 2.37. The molecule has 290 valence electrons. The molecule has 2 aliphatic heterocycles. The average Bonchev–Trinajstić information content (AvgIpc) is 3.14. The minimum Gasteiger partial charge on any atom is -0.394 e. The van der Waals surface area contributed by atoms with Gasteiger partial charge in [-0.25, -0.2) is 0 Å². The predicted octanol–water partition coefficient (Wildman–Crippen LogP) is 1.19. The first kappa shape index (κ1) is 60.7. The van der Waals surface area contributed by atoms with Crippen molar-refractivity contribution in [3.05, 3.63) is 0 Å². The third-order valence-electron chi connectivity index (χ3n) is 6.19. The second-order valence-electron chi connectivity index (χ2n) is 9.30. The van der Waals surface area contributed by atoms with Crippen molar-refractivity contribution in [1.29, 1.82) is 0 Å². The zero-order valence-corrected chi connectivity index (χ0v) is 22.0. The van der Waals surface area contributed by atoms with E-state index < -0.39 is 80.7 Å². The Labute approximate surface area is 280 Å². The van der Waals surface area contributed by atoms with E-state index in [-0.39, 0.29) is 91.9 Å². The van der Waals surface area contributed by atoms with Gasteiger partial charge in [-0.05, 0) is 13.8 Å². The number of methoxy groups -OCH3 is 1. The molecule has 11 unspecified atom stereocenters. The first-order valence-corrected chi connectivity index (χ1v) is 12.6. The highest BCUT2D eigenvalue weighted by Gasteiger charge is 2.59. The molecule has 11 atom stereocenters. The Bertz CT molecular complexity index is 649. The van der Waals surface area contributed by atoms with Crippen molar-refractivity contribution >= 4 is 0 Å². The first-order chi connectivity index (χ1) is 18.1. The van der Waals surface area contributed by atoms with Crippen LogP contribution in [0.2, 0.25) is 0 Å². The molecule has 2 rings (SSSR count). The monoisotopic (exact) mass is 689 g/mol. The normalized spacial score (nSPS) is 30.9. The standard InChI is InChI=1S/C23H44O15.8CH4/c1-13(34-7-6-31-3)10-32-12-23(21(30)18(28)16(9-26)37-23)38-22-20(35-11-14(2)33-5-4-24)19(29)17(27)15(8-25)36-22;;;;;;;;/h13-22,24-30H,4-12H2,1-3H3;8*1H4. The van der Waals surface area contributed by atoms with E-state index >= 15 is 0 Å². The number of aliphatic hydroxyl groups excluding tert-OH is 7. The molecule has 15 heteroatoms. The van der Waals surface area contributed by atoms with Gasteiger partial charge in [0.25, 0.3) is 0 Å². The average molecular weight is 689 g/mol. The first-order valence-electron chi connectivity index (χ1n) is 12.6. The molecular weight excluding hydrogens is 612 g/mol. The molecule has 46 heavy (non-hydrogen) atoms. The van der Waals surface area contributed by atoms with E-state index in [1.54, 1.807) is 13.8 Å². The van der Waals surface area contributed by atoms with Crippen molar-refractivity contribution in [2.24, 2.45) is 0 Å². The summed E-state index contributed by atoms with van der Waals surface area (Å²) in [4.78, 5) is 0. The van der Waals surface area contributed by atoms with E-state index in [4.69, 9.17) is 43.0 Å². The fourth-order valence-electron chi connectivity index (χ4n) is 4.08. The molecule has 0 aromatic carbocycles. The molecule has 15 nitrogen and oxygen atoms in total. The zero-order chi connectivity index (χ0) is 28.3. The highest BCUT2D eigenvalue weighted by atomic mass is 16.8. The predicted molar refractivity (Wildman–Crippen MR) is 180 cm³/mol. The number of aliphatic hydroxyl groups is 7. The molecule has 2 heterocycles. The van der Waals surface area contributed by atoms with E-state index in [0.29, 0.717) is 13.2 Å². The van der Waals surface area contributed by atoms with Gasteiger partial charge in [0.05, 0.1) is 65.1 Å². The van der Waals surface area contributed by atoms with Gasteiger partial charge in [0.2, 0.25) is 5.79 Å².